The Hall–Kier alpha value is -1.23. The standard InChI is InChI=1S/C13H11Cl2NO2S/c1-16(12-4-2-3-11(15)9-12)19(17,18)13-7-5-10(14)6-8-13/h2-9H,1H3. The van der Waals surface area contributed by atoms with Gasteiger partial charge in [0.1, 0.15) is 0 Å². The van der Waals surface area contributed by atoms with Gasteiger partial charge in [-0.2, -0.15) is 0 Å². The van der Waals surface area contributed by atoms with E-state index in [0.29, 0.717) is 15.7 Å². The Balaban J connectivity index is 2.42. The summed E-state index contributed by atoms with van der Waals surface area (Å²) >= 11 is 11.6. The van der Waals surface area contributed by atoms with E-state index in [0.717, 1.165) is 0 Å². The van der Waals surface area contributed by atoms with Gasteiger partial charge in [-0.3, -0.25) is 4.31 Å². The molecule has 0 aliphatic carbocycles. The molecule has 0 aliphatic heterocycles. The molecule has 0 saturated heterocycles. The average molecular weight is 316 g/mol. The van der Waals surface area contributed by atoms with Crippen molar-refractivity contribution in [1.82, 2.24) is 0 Å². The monoisotopic (exact) mass is 315 g/mol. The molecule has 3 nitrogen and oxygen atoms in total. The molecular formula is C13H11Cl2NO2S. The second kappa shape index (κ2) is 5.41. The second-order valence-electron chi connectivity index (χ2n) is 3.91. The highest BCUT2D eigenvalue weighted by atomic mass is 35.5. The van der Waals surface area contributed by atoms with E-state index >= 15 is 0 Å². The first-order chi connectivity index (χ1) is 8.91. The minimum absolute atomic E-state index is 0.180. The third kappa shape index (κ3) is 3.03. The molecule has 6 heteroatoms. The summed E-state index contributed by atoms with van der Waals surface area (Å²) in [6.07, 6.45) is 0. The van der Waals surface area contributed by atoms with Gasteiger partial charge in [0.15, 0.2) is 0 Å². The third-order valence-electron chi connectivity index (χ3n) is 2.64. The maximum Gasteiger partial charge on any atom is 0.264 e. The Morgan fingerprint density at radius 1 is 0.947 bits per heavy atom. The Morgan fingerprint density at radius 3 is 2.16 bits per heavy atom. The topological polar surface area (TPSA) is 37.4 Å². The van der Waals surface area contributed by atoms with Crippen molar-refractivity contribution >= 4 is 38.9 Å². The Kier molecular flexibility index (Phi) is 4.04. The smallest absolute Gasteiger partial charge is 0.264 e. The van der Waals surface area contributed by atoms with Crippen molar-refractivity contribution in [2.24, 2.45) is 0 Å². The Morgan fingerprint density at radius 2 is 1.58 bits per heavy atom. The zero-order chi connectivity index (χ0) is 14.0. The van der Waals surface area contributed by atoms with E-state index in [4.69, 9.17) is 23.2 Å². The number of hydrogen-bond donors (Lipinski definition) is 0. The molecule has 100 valence electrons. The molecule has 0 fully saturated rings. The zero-order valence-electron chi connectivity index (χ0n) is 10.0. The summed E-state index contributed by atoms with van der Waals surface area (Å²) in [6, 6.07) is 12.7. The van der Waals surface area contributed by atoms with Gasteiger partial charge in [0.25, 0.3) is 10.0 Å². The fraction of sp³-hybridized carbons (Fsp3) is 0.0769. The van der Waals surface area contributed by atoms with Crippen LogP contribution in [0.15, 0.2) is 53.4 Å². The molecule has 0 atom stereocenters. The highest BCUT2D eigenvalue weighted by molar-refractivity contribution is 7.92. The molecule has 2 aromatic carbocycles. The van der Waals surface area contributed by atoms with Gasteiger partial charge in [-0.15, -0.1) is 0 Å². The molecule has 0 bridgehead atoms. The van der Waals surface area contributed by atoms with Crippen molar-refractivity contribution in [1.29, 1.82) is 0 Å². The van der Waals surface area contributed by atoms with E-state index in [2.05, 4.69) is 0 Å². The number of hydrogen-bond acceptors (Lipinski definition) is 2. The first-order valence-corrected chi connectivity index (χ1v) is 7.61. The van der Waals surface area contributed by atoms with Crippen LogP contribution < -0.4 is 4.31 Å². The Labute approximate surface area is 122 Å². The van der Waals surface area contributed by atoms with Crippen LogP contribution in [0.4, 0.5) is 5.69 Å². The van der Waals surface area contributed by atoms with Gasteiger partial charge in [0.2, 0.25) is 0 Å². The van der Waals surface area contributed by atoms with Gasteiger partial charge in [0, 0.05) is 17.1 Å². The van der Waals surface area contributed by atoms with E-state index in [1.807, 2.05) is 0 Å². The molecule has 0 amide bonds. The molecular weight excluding hydrogens is 305 g/mol. The highest BCUT2D eigenvalue weighted by Crippen LogP contribution is 2.25. The molecule has 0 spiro atoms. The molecule has 0 N–H and O–H groups in total. The molecule has 0 heterocycles. The van der Waals surface area contributed by atoms with Crippen LogP contribution in [0.3, 0.4) is 0 Å². The first-order valence-electron chi connectivity index (χ1n) is 5.41. The lowest BCUT2D eigenvalue weighted by atomic mass is 10.3. The molecule has 0 aromatic heterocycles. The number of nitrogens with zero attached hydrogens (tertiary/aromatic N) is 1. The van der Waals surface area contributed by atoms with Crippen LogP contribution in [0.2, 0.25) is 10.0 Å². The minimum Gasteiger partial charge on any atom is -0.269 e. The maximum absolute atomic E-state index is 12.4. The molecule has 2 rings (SSSR count). The molecule has 0 radical (unpaired) electrons. The molecule has 2 aromatic rings. The van der Waals surface area contributed by atoms with Gasteiger partial charge < -0.3 is 0 Å². The lowest BCUT2D eigenvalue weighted by Gasteiger charge is -2.19. The zero-order valence-corrected chi connectivity index (χ0v) is 12.4. The van der Waals surface area contributed by atoms with Crippen LogP contribution in [0, 0.1) is 0 Å². The van der Waals surface area contributed by atoms with Gasteiger partial charge in [-0.05, 0) is 42.5 Å². The van der Waals surface area contributed by atoms with Crippen molar-refractivity contribution < 1.29 is 8.42 Å². The SMILES string of the molecule is CN(c1cccc(Cl)c1)S(=O)(=O)c1ccc(Cl)cc1. The predicted molar refractivity (Wildman–Crippen MR) is 78.5 cm³/mol. The van der Waals surface area contributed by atoms with Gasteiger partial charge in [-0.25, -0.2) is 8.42 Å². The van der Waals surface area contributed by atoms with Crippen molar-refractivity contribution in [2.45, 2.75) is 4.90 Å². The van der Waals surface area contributed by atoms with Crippen molar-refractivity contribution in [2.75, 3.05) is 11.4 Å². The van der Waals surface area contributed by atoms with Crippen molar-refractivity contribution in [3.8, 4) is 0 Å². The summed E-state index contributed by atoms with van der Waals surface area (Å²) in [5.74, 6) is 0. The number of benzene rings is 2. The quantitative estimate of drug-likeness (QED) is 0.863. The molecule has 0 aliphatic rings. The molecule has 0 saturated carbocycles. The van der Waals surface area contributed by atoms with Crippen LogP contribution in [-0.2, 0) is 10.0 Å². The number of sulfonamides is 1. The number of anilines is 1. The summed E-state index contributed by atoms with van der Waals surface area (Å²) in [4.78, 5) is 0.180. The number of rotatable bonds is 3. The molecule has 0 unspecified atom stereocenters. The first kappa shape index (κ1) is 14.2. The van der Waals surface area contributed by atoms with Crippen LogP contribution >= 0.6 is 23.2 Å². The lowest BCUT2D eigenvalue weighted by Crippen LogP contribution is -2.26. The summed E-state index contributed by atoms with van der Waals surface area (Å²) in [5, 5.41) is 0.972. The van der Waals surface area contributed by atoms with E-state index in [9.17, 15) is 8.42 Å². The summed E-state index contributed by atoms with van der Waals surface area (Å²) in [7, 11) is -2.13. The Bertz CT molecular complexity index is 684. The van der Waals surface area contributed by atoms with E-state index in [-0.39, 0.29) is 4.90 Å². The van der Waals surface area contributed by atoms with Crippen LogP contribution in [0.25, 0.3) is 0 Å². The fourth-order valence-corrected chi connectivity index (χ4v) is 3.07. The lowest BCUT2D eigenvalue weighted by molar-refractivity contribution is 0.594. The minimum atomic E-state index is -3.61. The summed E-state index contributed by atoms with van der Waals surface area (Å²) in [6.45, 7) is 0. The van der Waals surface area contributed by atoms with Crippen molar-refractivity contribution in [3.63, 3.8) is 0 Å². The fourth-order valence-electron chi connectivity index (χ4n) is 1.58. The average Bonchev–Trinajstić information content (AvgIpc) is 2.38. The van der Waals surface area contributed by atoms with Crippen LogP contribution in [0.1, 0.15) is 0 Å². The van der Waals surface area contributed by atoms with E-state index in [1.54, 1.807) is 36.4 Å². The van der Waals surface area contributed by atoms with Crippen LogP contribution in [0.5, 0.6) is 0 Å². The van der Waals surface area contributed by atoms with Gasteiger partial charge >= 0.3 is 0 Å². The predicted octanol–water partition coefficient (Wildman–Crippen LogP) is 3.82. The van der Waals surface area contributed by atoms with Gasteiger partial charge in [-0.1, -0.05) is 29.3 Å². The summed E-state index contributed by atoms with van der Waals surface area (Å²) < 4.78 is 26.0. The summed E-state index contributed by atoms with van der Waals surface area (Å²) in [5.41, 5.74) is 0.502. The highest BCUT2D eigenvalue weighted by Gasteiger charge is 2.21. The normalized spacial score (nSPS) is 11.3. The second-order valence-corrected chi connectivity index (χ2v) is 6.75. The van der Waals surface area contributed by atoms with Crippen LogP contribution in [-0.4, -0.2) is 15.5 Å². The third-order valence-corrected chi connectivity index (χ3v) is 4.93. The van der Waals surface area contributed by atoms with Crippen molar-refractivity contribution in [3.05, 3.63) is 58.6 Å². The van der Waals surface area contributed by atoms with E-state index < -0.39 is 10.0 Å². The number of halogens is 2. The molecule has 19 heavy (non-hydrogen) atoms. The van der Waals surface area contributed by atoms with Gasteiger partial charge in [0.05, 0.1) is 10.6 Å². The maximum atomic E-state index is 12.4. The largest absolute Gasteiger partial charge is 0.269 e. The van der Waals surface area contributed by atoms with E-state index in [1.165, 1.54) is 23.5 Å².